The second kappa shape index (κ2) is 11.0. The van der Waals surface area contributed by atoms with E-state index in [1.807, 2.05) is 30.3 Å². The van der Waals surface area contributed by atoms with E-state index in [0.717, 1.165) is 5.56 Å². The molecule has 0 radical (unpaired) electrons. The summed E-state index contributed by atoms with van der Waals surface area (Å²) in [4.78, 5) is 33.0. The number of nitrogens with zero attached hydrogens (tertiary/aromatic N) is 3. The highest BCUT2D eigenvalue weighted by Crippen LogP contribution is 2.33. The fraction of sp³-hybridized carbons (Fsp3) is 0.129. The second-order valence-electron chi connectivity index (χ2n) is 9.48. The lowest BCUT2D eigenvalue weighted by Crippen LogP contribution is -2.37. The van der Waals surface area contributed by atoms with Crippen molar-refractivity contribution in [2.75, 3.05) is 18.7 Å². The van der Waals surface area contributed by atoms with Crippen LogP contribution in [0, 0.1) is 12.7 Å². The monoisotopic (exact) mass is 552 g/mol. The van der Waals surface area contributed by atoms with E-state index >= 15 is 0 Å². The number of ether oxygens (including phenoxy) is 2. The average molecular weight is 553 g/mol. The number of rotatable bonds is 8. The van der Waals surface area contributed by atoms with E-state index in [-0.39, 0.29) is 31.6 Å². The Balaban J connectivity index is 1.29. The number of carbonyl (C=O) groups is 2. The molecule has 3 heterocycles. The highest BCUT2D eigenvalue weighted by molar-refractivity contribution is 5.99. The molecule has 0 aliphatic carbocycles. The minimum atomic E-state index is -0.496. The highest BCUT2D eigenvalue weighted by Gasteiger charge is 2.24. The minimum Gasteiger partial charge on any atom is -0.467 e. The number of hydrogen-bond donors (Lipinski definition) is 1. The van der Waals surface area contributed by atoms with Gasteiger partial charge in [0.1, 0.15) is 18.1 Å². The molecule has 41 heavy (non-hydrogen) atoms. The minimum absolute atomic E-state index is 0.0561. The van der Waals surface area contributed by atoms with Gasteiger partial charge in [-0.05, 0) is 55.0 Å². The molecule has 0 saturated heterocycles. The molecule has 0 unspecified atom stereocenters. The SMILES string of the molecule is Cc1ccc(-n2cc(-c3ccccc3)nc2NC(=O)CN(Cc2ccco2)C(=O)c2ccc3c(c2)OCO3)cc1F. The van der Waals surface area contributed by atoms with Crippen LogP contribution in [0.1, 0.15) is 21.7 Å². The Kier molecular flexibility index (Phi) is 6.95. The molecule has 0 bridgehead atoms. The summed E-state index contributed by atoms with van der Waals surface area (Å²) in [7, 11) is 0. The summed E-state index contributed by atoms with van der Waals surface area (Å²) in [6.07, 6.45) is 3.23. The van der Waals surface area contributed by atoms with Gasteiger partial charge in [-0.15, -0.1) is 0 Å². The summed E-state index contributed by atoms with van der Waals surface area (Å²) in [6.45, 7) is 1.51. The zero-order valence-electron chi connectivity index (χ0n) is 22.0. The van der Waals surface area contributed by atoms with Crippen LogP contribution in [-0.2, 0) is 11.3 Å². The Labute approximate surface area is 234 Å². The molecule has 2 amide bonds. The molecule has 206 valence electrons. The molecule has 1 aliphatic rings. The topological polar surface area (TPSA) is 98.8 Å². The third-order valence-electron chi connectivity index (χ3n) is 6.63. The summed E-state index contributed by atoms with van der Waals surface area (Å²) >= 11 is 0. The van der Waals surface area contributed by atoms with Gasteiger partial charge in [0.15, 0.2) is 11.5 Å². The molecular formula is C31H25FN4O5. The van der Waals surface area contributed by atoms with Crippen LogP contribution in [0.4, 0.5) is 10.3 Å². The highest BCUT2D eigenvalue weighted by atomic mass is 19.1. The number of aromatic nitrogens is 2. The number of imidazole rings is 1. The van der Waals surface area contributed by atoms with Crippen LogP contribution in [0.5, 0.6) is 11.5 Å². The van der Waals surface area contributed by atoms with E-state index in [0.29, 0.717) is 39.8 Å². The maximum Gasteiger partial charge on any atom is 0.254 e. The number of hydrogen-bond acceptors (Lipinski definition) is 6. The number of halogens is 1. The van der Waals surface area contributed by atoms with Crippen LogP contribution in [0.25, 0.3) is 16.9 Å². The summed E-state index contributed by atoms with van der Waals surface area (Å²) in [6, 6.07) is 22.5. The maximum absolute atomic E-state index is 14.5. The summed E-state index contributed by atoms with van der Waals surface area (Å²) in [5.74, 6) is 0.423. The Hall–Kier alpha value is -5.38. The van der Waals surface area contributed by atoms with Gasteiger partial charge in [-0.25, -0.2) is 9.37 Å². The molecule has 10 heteroatoms. The lowest BCUT2D eigenvalue weighted by atomic mass is 10.1. The fourth-order valence-corrected chi connectivity index (χ4v) is 4.48. The van der Waals surface area contributed by atoms with Gasteiger partial charge in [-0.2, -0.15) is 0 Å². The van der Waals surface area contributed by atoms with Crippen molar-refractivity contribution in [3.8, 4) is 28.4 Å². The van der Waals surface area contributed by atoms with E-state index in [1.54, 1.807) is 60.2 Å². The van der Waals surface area contributed by atoms with Crippen molar-refractivity contribution in [2.24, 2.45) is 0 Å². The number of aryl methyl sites for hydroxylation is 1. The number of nitrogens with one attached hydrogen (secondary N) is 1. The first-order valence-electron chi connectivity index (χ1n) is 12.9. The second-order valence-corrected chi connectivity index (χ2v) is 9.48. The van der Waals surface area contributed by atoms with Gasteiger partial charge < -0.3 is 18.8 Å². The quantitative estimate of drug-likeness (QED) is 0.270. The van der Waals surface area contributed by atoms with Gasteiger partial charge in [0.05, 0.1) is 24.2 Å². The predicted molar refractivity (Wildman–Crippen MR) is 148 cm³/mol. The van der Waals surface area contributed by atoms with Crippen molar-refractivity contribution >= 4 is 17.8 Å². The first kappa shape index (κ1) is 25.9. The average Bonchev–Trinajstić information content (AvgIpc) is 3.75. The van der Waals surface area contributed by atoms with Crippen molar-refractivity contribution in [1.29, 1.82) is 0 Å². The van der Waals surface area contributed by atoms with Crippen molar-refractivity contribution in [3.05, 3.63) is 114 Å². The van der Waals surface area contributed by atoms with E-state index in [4.69, 9.17) is 13.9 Å². The molecule has 3 aromatic carbocycles. The van der Waals surface area contributed by atoms with Crippen LogP contribution < -0.4 is 14.8 Å². The standard InChI is InChI=1S/C31H25FN4O5/c1-20-9-11-23(15-25(20)32)36-17-26(21-6-3-2-4-7-21)33-31(36)34-29(37)18-35(16-24-8-5-13-39-24)30(38)22-10-12-27-28(14-22)41-19-40-27/h2-15,17H,16,18-19H2,1H3,(H,33,34,37). The van der Waals surface area contributed by atoms with Gasteiger partial charge in [-0.1, -0.05) is 36.4 Å². The fourth-order valence-electron chi connectivity index (χ4n) is 4.48. The molecular weight excluding hydrogens is 527 g/mol. The lowest BCUT2D eigenvalue weighted by Gasteiger charge is -2.21. The van der Waals surface area contributed by atoms with Crippen LogP contribution in [0.3, 0.4) is 0 Å². The smallest absolute Gasteiger partial charge is 0.254 e. The summed E-state index contributed by atoms with van der Waals surface area (Å²) < 4.78 is 32.3. The number of fused-ring (bicyclic) bond motifs is 1. The number of anilines is 1. The molecule has 9 nitrogen and oxygen atoms in total. The first-order chi connectivity index (χ1) is 19.9. The molecule has 0 saturated carbocycles. The molecule has 0 fully saturated rings. The van der Waals surface area contributed by atoms with Crippen molar-refractivity contribution in [3.63, 3.8) is 0 Å². The number of benzene rings is 3. The summed E-state index contributed by atoms with van der Waals surface area (Å²) in [5.41, 5.74) is 2.73. The predicted octanol–water partition coefficient (Wildman–Crippen LogP) is 5.59. The Morgan fingerprint density at radius 3 is 2.61 bits per heavy atom. The van der Waals surface area contributed by atoms with Gasteiger partial charge in [0.2, 0.25) is 18.6 Å². The Morgan fingerprint density at radius 2 is 1.83 bits per heavy atom. The molecule has 6 rings (SSSR count). The van der Waals surface area contributed by atoms with Crippen molar-refractivity contribution < 1.29 is 27.9 Å². The van der Waals surface area contributed by atoms with Crippen LogP contribution in [0.15, 0.2) is 95.7 Å². The third kappa shape index (κ3) is 5.53. The van der Waals surface area contributed by atoms with Crippen molar-refractivity contribution in [1.82, 2.24) is 14.5 Å². The largest absolute Gasteiger partial charge is 0.467 e. The van der Waals surface area contributed by atoms with Gasteiger partial charge in [-0.3, -0.25) is 19.5 Å². The number of carbonyl (C=O) groups excluding carboxylic acids is 2. The normalized spacial score (nSPS) is 11.9. The lowest BCUT2D eigenvalue weighted by molar-refractivity contribution is -0.117. The number of amides is 2. The van der Waals surface area contributed by atoms with E-state index in [2.05, 4.69) is 10.3 Å². The van der Waals surface area contributed by atoms with E-state index in [1.165, 1.54) is 17.2 Å². The Bertz CT molecular complexity index is 1720. The van der Waals surface area contributed by atoms with E-state index in [9.17, 15) is 14.0 Å². The molecule has 0 spiro atoms. The Morgan fingerprint density at radius 1 is 1.00 bits per heavy atom. The van der Waals surface area contributed by atoms with Crippen LogP contribution in [-0.4, -0.2) is 39.6 Å². The van der Waals surface area contributed by atoms with Crippen LogP contribution >= 0.6 is 0 Å². The van der Waals surface area contributed by atoms with Gasteiger partial charge >= 0.3 is 0 Å². The molecule has 1 N–H and O–H groups in total. The maximum atomic E-state index is 14.5. The molecule has 0 atom stereocenters. The zero-order valence-corrected chi connectivity index (χ0v) is 22.0. The van der Waals surface area contributed by atoms with Crippen molar-refractivity contribution in [2.45, 2.75) is 13.5 Å². The first-order valence-corrected chi connectivity index (χ1v) is 12.9. The van der Waals surface area contributed by atoms with Gasteiger partial charge in [0, 0.05) is 17.3 Å². The third-order valence-corrected chi connectivity index (χ3v) is 6.63. The molecule has 2 aromatic heterocycles. The van der Waals surface area contributed by atoms with Crippen LogP contribution in [0.2, 0.25) is 0 Å². The molecule has 1 aliphatic heterocycles. The zero-order chi connectivity index (χ0) is 28.3. The molecule has 5 aromatic rings. The number of furan rings is 1. The van der Waals surface area contributed by atoms with Gasteiger partial charge in [0.25, 0.3) is 5.91 Å². The van der Waals surface area contributed by atoms with E-state index < -0.39 is 11.8 Å². The summed E-state index contributed by atoms with van der Waals surface area (Å²) in [5, 5.41) is 2.81.